The van der Waals surface area contributed by atoms with Crippen molar-refractivity contribution in [2.45, 2.75) is 19.4 Å². The second-order valence-electron chi connectivity index (χ2n) is 3.14. The van der Waals surface area contributed by atoms with Crippen molar-refractivity contribution in [2.24, 2.45) is 11.7 Å². The molecule has 0 aromatic heterocycles. The van der Waals surface area contributed by atoms with Crippen LogP contribution >= 0.6 is 0 Å². The fourth-order valence-corrected chi connectivity index (χ4v) is 1.39. The fourth-order valence-electron chi connectivity index (χ4n) is 1.39. The molecule has 1 rings (SSSR count). The number of rotatable bonds is 1. The second-order valence-corrected chi connectivity index (χ2v) is 3.14. The number of hydrogen-bond acceptors (Lipinski definition) is 2. The van der Waals surface area contributed by atoms with Crippen LogP contribution in [0.25, 0.3) is 0 Å². The van der Waals surface area contributed by atoms with E-state index in [0.29, 0.717) is 19.0 Å². The van der Waals surface area contributed by atoms with E-state index in [1.165, 1.54) is 4.90 Å². The highest BCUT2D eigenvalue weighted by molar-refractivity contribution is 5.65. The first-order valence-electron chi connectivity index (χ1n) is 3.84. The maximum Gasteiger partial charge on any atom is 0.407 e. The summed E-state index contributed by atoms with van der Waals surface area (Å²) in [7, 11) is 0. The van der Waals surface area contributed by atoms with Crippen molar-refractivity contribution < 1.29 is 9.90 Å². The van der Waals surface area contributed by atoms with E-state index in [0.717, 1.165) is 6.42 Å². The Hall–Kier alpha value is -0.770. The molecule has 0 saturated carbocycles. The molecule has 0 aromatic rings. The van der Waals surface area contributed by atoms with Crippen LogP contribution in [0.4, 0.5) is 4.79 Å². The molecular formula is C7H14N2O2. The lowest BCUT2D eigenvalue weighted by molar-refractivity contribution is 0.153. The first-order valence-corrected chi connectivity index (χ1v) is 3.84. The monoisotopic (exact) mass is 158 g/mol. The zero-order valence-corrected chi connectivity index (χ0v) is 6.66. The summed E-state index contributed by atoms with van der Waals surface area (Å²) in [6.45, 7) is 3.17. The number of amides is 1. The van der Waals surface area contributed by atoms with Gasteiger partial charge in [0.1, 0.15) is 0 Å². The Bertz CT molecular complexity index is 159. The predicted octanol–water partition coefficient (Wildman–Crippen LogP) is 0.334. The molecule has 1 amide bonds. The molecule has 4 heteroatoms. The SMILES string of the molecule is CC(N)[C@@H]1CCN(C(=O)O)C1. The van der Waals surface area contributed by atoms with E-state index in [4.69, 9.17) is 10.8 Å². The molecule has 3 N–H and O–H groups in total. The molecule has 0 spiro atoms. The van der Waals surface area contributed by atoms with Crippen molar-refractivity contribution in [3.8, 4) is 0 Å². The van der Waals surface area contributed by atoms with Crippen molar-refractivity contribution in [3.63, 3.8) is 0 Å². The summed E-state index contributed by atoms with van der Waals surface area (Å²) in [6, 6.07) is 0.111. The van der Waals surface area contributed by atoms with E-state index < -0.39 is 6.09 Å². The average Bonchev–Trinajstić information content (AvgIpc) is 2.33. The zero-order chi connectivity index (χ0) is 8.43. The van der Waals surface area contributed by atoms with Gasteiger partial charge in [0, 0.05) is 19.1 Å². The number of nitrogens with two attached hydrogens (primary N) is 1. The van der Waals surface area contributed by atoms with Crippen molar-refractivity contribution in [1.82, 2.24) is 4.90 Å². The highest BCUT2D eigenvalue weighted by Crippen LogP contribution is 2.17. The Morgan fingerprint density at radius 2 is 2.45 bits per heavy atom. The predicted molar refractivity (Wildman–Crippen MR) is 41.4 cm³/mol. The van der Waals surface area contributed by atoms with Crippen molar-refractivity contribution in [1.29, 1.82) is 0 Å². The molecule has 1 saturated heterocycles. The summed E-state index contributed by atoms with van der Waals surface area (Å²) in [6.07, 6.45) is 0.0809. The van der Waals surface area contributed by atoms with E-state index in [1.807, 2.05) is 6.92 Å². The standard InChI is InChI=1S/C7H14N2O2/c1-5(8)6-2-3-9(4-6)7(10)11/h5-6H,2-4,8H2,1H3,(H,10,11)/t5?,6-/m1/s1. The fraction of sp³-hybridized carbons (Fsp3) is 0.857. The van der Waals surface area contributed by atoms with Crippen LogP contribution in [0, 0.1) is 5.92 Å². The smallest absolute Gasteiger partial charge is 0.407 e. The summed E-state index contributed by atoms with van der Waals surface area (Å²) in [5.41, 5.74) is 5.64. The van der Waals surface area contributed by atoms with Crippen LogP contribution in [0.5, 0.6) is 0 Å². The van der Waals surface area contributed by atoms with Gasteiger partial charge in [0.05, 0.1) is 0 Å². The third-order valence-electron chi connectivity index (χ3n) is 2.24. The molecule has 4 nitrogen and oxygen atoms in total. The number of hydrogen-bond donors (Lipinski definition) is 2. The third-order valence-corrected chi connectivity index (χ3v) is 2.24. The second kappa shape index (κ2) is 3.09. The van der Waals surface area contributed by atoms with Crippen LogP contribution in [-0.2, 0) is 0 Å². The molecule has 1 aliphatic heterocycles. The van der Waals surface area contributed by atoms with Crippen LogP contribution in [0.2, 0.25) is 0 Å². The Morgan fingerprint density at radius 3 is 2.73 bits per heavy atom. The summed E-state index contributed by atoms with van der Waals surface area (Å²) in [4.78, 5) is 11.9. The third kappa shape index (κ3) is 1.83. The first-order chi connectivity index (χ1) is 5.11. The van der Waals surface area contributed by atoms with Crippen LogP contribution < -0.4 is 5.73 Å². The van der Waals surface area contributed by atoms with E-state index >= 15 is 0 Å². The number of carboxylic acid groups (broad SMARTS) is 1. The molecule has 11 heavy (non-hydrogen) atoms. The molecule has 1 unspecified atom stereocenters. The van der Waals surface area contributed by atoms with Crippen LogP contribution in [-0.4, -0.2) is 35.2 Å². The van der Waals surface area contributed by atoms with Gasteiger partial charge < -0.3 is 15.7 Å². The van der Waals surface area contributed by atoms with Gasteiger partial charge >= 0.3 is 6.09 Å². The Kier molecular flexibility index (Phi) is 2.34. The molecule has 1 fully saturated rings. The molecule has 64 valence electrons. The van der Waals surface area contributed by atoms with E-state index in [2.05, 4.69) is 0 Å². The zero-order valence-electron chi connectivity index (χ0n) is 6.66. The van der Waals surface area contributed by atoms with Crippen LogP contribution in [0.1, 0.15) is 13.3 Å². The minimum absolute atomic E-state index is 0.111. The van der Waals surface area contributed by atoms with Gasteiger partial charge in [-0.25, -0.2) is 4.79 Å². The van der Waals surface area contributed by atoms with Gasteiger partial charge in [0.2, 0.25) is 0 Å². The summed E-state index contributed by atoms with van der Waals surface area (Å²) in [5, 5.41) is 8.60. The topological polar surface area (TPSA) is 66.6 Å². The van der Waals surface area contributed by atoms with Crippen molar-refractivity contribution in [3.05, 3.63) is 0 Å². The molecule has 1 heterocycles. The molecule has 1 aliphatic rings. The van der Waals surface area contributed by atoms with Gasteiger partial charge in [-0.05, 0) is 19.3 Å². The molecule has 0 aromatic carbocycles. The van der Waals surface area contributed by atoms with E-state index in [9.17, 15) is 4.79 Å². The van der Waals surface area contributed by atoms with E-state index in [1.54, 1.807) is 0 Å². The minimum atomic E-state index is -0.826. The number of carbonyl (C=O) groups is 1. The van der Waals surface area contributed by atoms with Gasteiger partial charge in [-0.15, -0.1) is 0 Å². The maximum absolute atomic E-state index is 10.5. The minimum Gasteiger partial charge on any atom is -0.465 e. The van der Waals surface area contributed by atoms with Crippen molar-refractivity contribution >= 4 is 6.09 Å². The molecule has 0 radical (unpaired) electrons. The van der Waals surface area contributed by atoms with Gasteiger partial charge in [0.25, 0.3) is 0 Å². The van der Waals surface area contributed by atoms with E-state index in [-0.39, 0.29) is 6.04 Å². The van der Waals surface area contributed by atoms with Gasteiger partial charge in [-0.3, -0.25) is 0 Å². The highest BCUT2D eigenvalue weighted by Gasteiger charge is 2.27. The summed E-state index contributed by atoms with van der Waals surface area (Å²) >= 11 is 0. The lowest BCUT2D eigenvalue weighted by atomic mass is 10.0. The number of likely N-dealkylation sites (tertiary alicyclic amines) is 1. The number of nitrogens with zero attached hydrogens (tertiary/aromatic N) is 1. The van der Waals surface area contributed by atoms with Crippen molar-refractivity contribution in [2.75, 3.05) is 13.1 Å². The van der Waals surface area contributed by atoms with Gasteiger partial charge in [-0.1, -0.05) is 0 Å². The summed E-state index contributed by atoms with van der Waals surface area (Å²) < 4.78 is 0. The Balaban J connectivity index is 2.41. The molecule has 0 aliphatic carbocycles. The normalized spacial score (nSPS) is 27.1. The Morgan fingerprint density at radius 1 is 1.82 bits per heavy atom. The quantitative estimate of drug-likeness (QED) is 0.578. The van der Waals surface area contributed by atoms with Crippen LogP contribution in [0.3, 0.4) is 0 Å². The maximum atomic E-state index is 10.5. The molecule has 0 bridgehead atoms. The molecule has 2 atom stereocenters. The lowest BCUT2D eigenvalue weighted by Gasteiger charge is -2.14. The Labute approximate surface area is 66.0 Å². The molecular weight excluding hydrogens is 144 g/mol. The van der Waals surface area contributed by atoms with Crippen LogP contribution in [0.15, 0.2) is 0 Å². The summed E-state index contributed by atoms with van der Waals surface area (Å²) in [5.74, 6) is 0.353. The van der Waals surface area contributed by atoms with Gasteiger partial charge in [-0.2, -0.15) is 0 Å². The largest absolute Gasteiger partial charge is 0.465 e. The van der Waals surface area contributed by atoms with Gasteiger partial charge in [0.15, 0.2) is 0 Å². The first kappa shape index (κ1) is 8.33. The highest BCUT2D eigenvalue weighted by atomic mass is 16.4. The lowest BCUT2D eigenvalue weighted by Crippen LogP contribution is -2.32. The average molecular weight is 158 g/mol.